The number of hydrogen-bond donors (Lipinski definition) is 1. The third kappa shape index (κ3) is 3.28. The van der Waals surface area contributed by atoms with E-state index in [4.69, 9.17) is 32.7 Å². The molecule has 0 saturated carbocycles. The Balaban J connectivity index is 2.38. The molecule has 2 aromatic carbocycles. The molecule has 0 fully saturated rings. The summed E-state index contributed by atoms with van der Waals surface area (Å²) in [4.78, 5) is 28.7. The van der Waals surface area contributed by atoms with Crippen LogP contribution in [0.15, 0.2) is 41.2 Å². The van der Waals surface area contributed by atoms with Gasteiger partial charge in [-0.3, -0.25) is 4.79 Å². The van der Waals surface area contributed by atoms with E-state index in [1.807, 2.05) is 0 Å². The van der Waals surface area contributed by atoms with Crippen molar-refractivity contribution in [2.24, 2.45) is 0 Å². The molecule has 7 heteroatoms. The molecule has 0 unspecified atom stereocenters. The van der Waals surface area contributed by atoms with E-state index in [1.54, 1.807) is 43.3 Å². The van der Waals surface area contributed by atoms with E-state index in [9.17, 15) is 9.59 Å². The van der Waals surface area contributed by atoms with Crippen LogP contribution in [-0.2, 0) is 4.74 Å². The summed E-state index contributed by atoms with van der Waals surface area (Å²) in [6.07, 6.45) is 0. The number of fused-ring (bicyclic) bond motifs is 1. The van der Waals surface area contributed by atoms with Crippen LogP contribution in [0.3, 0.4) is 0 Å². The van der Waals surface area contributed by atoms with Gasteiger partial charge < -0.3 is 14.5 Å². The molecule has 3 aromatic rings. The molecule has 0 saturated heterocycles. The minimum atomic E-state index is -0.723. The average Bonchev–Trinajstić information content (AvgIpc) is 2.61. The van der Waals surface area contributed by atoms with E-state index < -0.39 is 11.4 Å². The molecule has 0 atom stereocenters. The highest BCUT2D eigenvalue weighted by Crippen LogP contribution is 2.32. The van der Waals surface area contributed by atoms with E-state index in [2.05, 4.69) is 4.98 Å². The van der Waals surface area contributed by atoms with Crippen molar-refractivity contribution in [3.8, 4) is 17.0 Å². The number of aromatic amines is 1. The molecule has 26 heavy (non-hydrogen) atoms. The van der Waals surface area contributed by atoms with Crippen molar-refractivity contribution in [1.82, 2.24) is 4.98 Å². The third-order valence-electron chi connectivity index (χ3n) is 3.89. The minimum Gasteiger partial charge on any atom is -0.497 e. The van der Waals surface area contributed by atoms with Crippen LogP contribution in [0.5, 0.6) is 5.75 Å². The Kier molecular flexibility index (Phi) is 5.20. The minimum absolute atomic E-state index is 0.114. The molecular weight excluding hydrogens is 377 g/mol. The van der Waals surface area contributed by atoms with Crippen LogP contribution in [-0.4, -0.2) is 24.7 Å². The van der Waals surface area contributed by atoms with Crippen LogP contribution >= 0.6 is 23.2 Å². The van der Waals surface area contributed by atoms with Crippen LogP contribution in [0.25, 0.3) is 22.2 Å². The highest BCUT2D eigenvalue weighted by molar-refractivity contribution is 6.36. The number of hydrogen-bond acceptors (Lipinski definition) is 4. The highest BCUT2D eigenvalue weighted by Gasteiger charge is 2.23. The summed E-state index contributed by atoms with van der Waals surface area (Å²) in [6.45, 7) is 1.81. The van der Waals surface area contributed by atoms with Gasteiger partial charge >= 0.3 is 5.97 Å². The summed E-state index contributed by atoms with van der Waals surface area (Å²) >= 11 is 12.2. The van der Waals surface area contributed by atoms with Crippen molar-refractivity contribution < 1.29 is 14.3 Å². The Labute approximate surface area is 159 Å². The number of ether oxygens (including phenoxy) is 2. The van der Waals surface area contributed by atoms with Crippen molar-refractivity contribution in [2.45, 2.75) is 6.92 Å². The van der Waals surface area contributed by atoms with Crippen LogP contribution in [0, 0.1) is 0 Å². The number of H-pyrrole nitrogens is 1. The Morgan fingerprint density at radius 3 is 2.58 bits per heavy atom. The predicted molar refractivity (Wildman–Crippen MR) is 103 cm³/mol. The first-order valence-corrected chi connectivity index (χ1v) is 8.58. The standard InChI is InChI=1S/C19H15Cl2NO4/c1-3-26-19(24)16-17(12-6-4-10(20)8-14(12)21)22-15-7-5-11(25-2)9-13(15)18(16)23/h4-9H,3H2,1-2H3,(H,22,23). The molecule has 134 valence electrons. The lowest BCUT2D eigenvalue weighted by molar-refractivity contribution is 0.0525. The van der Waals surface area contributed by atoms with E-state index in [0.29, 0.717) is 32.3 Å². The molecular formula is C19H15Cl2NO4. The molecule has 1 heterocycles. The third-order valence-corrected chi connectivity index (χ3v) is 4.44. The van der Waals surface area contributed by atoms with Gasteiger partial charge in [-0.25, -0.2) is 4.79 Å². The fourth-order valence-corrected chi connectivity index (χ4v) is 3.19. The van der Waals surface area contributed by atoms with Gasteiger partial charge in [0, 0.05) is 10.6 Å². The molecule has 0 spiro atoms. The van der Waals surface area contributed by atoms with Crippen LogP contribution in [0.4, 0.5) is 0 Å². The molecule has 0 aliphatic heterocycles. The predicted octanol–water partition coefficient (Wildman–Crippen LogP) is 4.69. The number of rotatable bonds is 4. The number of nitrogens with one attached hydrogen (secondary N) is 1. The SMILES string of the molecule is CCOC(=O)c1c(-c2ccc(Cl)cc2Cl)[nH]c2ccc(OC)cc2c1=O. The normalized spacial score (nSPS) is 10.8. The van der Waals surface area contributed by atoms with Gasteiger partial charge in [-0.05, 0) is 43.3 Å². The van der Waals surface area contributed by atoms with Crippen molar-refractivity contribution in [2.75, 3.05) is 13.7 Å². The second-order valence-electron chi connectivity index (χ2n) is 5.46. The Bertz CT molecular complexity index is 1060. The lowest BCUT2D eigenvalue weighted by Gasteiger charge is -2.13. The topological polar surface area (TPSA) is 68.4 Å². The molecule has 5 nitrogen and oxygen atoms in total. The fraction of sp³-hybridized carbons (Fsp3) is 0.158. The van der Waals surface area contributed by atoms with Crippen molar-refractivity contribution >= 4 is 40.1 Å². The number of carbonyl (C=O) groups excluding carboxylic acids is 1. The number of methoxy groups -OCH3 is 1. The average molecular weight is 392 g/mol. The van der Waals surface area contributed by atoms with Crippen molar-refractivity contribution in [1.29, 1.82) is 0 Å². The maximum atomic E-state index is 13.0. The number of pyridine rings is 1. The first-order valence-electron chi connectivity index (χ1n) is 7.82. The second-order valence-corrected chi connectivity index (χ2v) is 6.30. The van der Waals surface area contributed by atoms with Crippen LogP contribution in [0.1, 0.15) is 17.3 Å². The van der Waals surface area contributed by atoms with Crippen molar-refractivity contribution in [3.63, 3.8) is 0 Å². The zero-order valence-corrected chi connectivity index (χ0v) is 15.6. The monoisotopic (exact) mass is 391 g/mol. The smallest absolute Gasteiger partial charge is 0.344 e. The second kappa shape index (κ2) is 7.40. The molecule has 1 aromatic heterocycles. The largest absolute Gasteiger partial charge is 0.497 e. The summed E-state index contributed by atoms with van der Waals surface area (Å²) in [7, 11) is 1.50. The van der Waals surface area contributed by atoms with Gasteiger partial charge in [0.2, 0.25) is 5.43 Å². The van der Waals surface area contributed by atoms with E-state index in [0.717, 1.165) is 0 Å². The first kappa shape index (κ1) is 18.3. The van der Waals surface area contributed by atoms with Gasteiger partial charge in [-0.15, -0.1) is 0 Å². The summed E-state index contributed by atoms with van der Waals surface area (Å²) < 4.78 is 10.2. The summed E-state index contributed by atoms with van der Waals surface area (Å²) in [5, 5.41) is 1.08. The molecule has 0 bridgehead atoms. The molecule has 0 radical (unpaired) electrons. The molecule has 3 rings (SSSR count). The van der Waals surface area contributed by atoms with Crippen molar-refractivity contribution in [3.05, 3.63) is 62.2 Å². The lowest BCUT2D eigenvalue weighted by Crippen LogP contribution is -2.20. The van der Waals surface area contributed by atoms with Gasteiger partial charge in [-0.1, -0.05) is 23.2 Å². The molecule has 0 aliphatic rings. The van der Waals surface area contributed by atoms with Gasteiger partial charge in [0.15, 0.2) is 0 Å². The molecule has 0 aliphatic carbocycles. The fourth-order valence-electron chi connectivity index (χ4n) is 2.68. The zero-order chi connectivity index (χ0) is 18.8. The van der Waals surface area contributed by atoms with Gasteiger partial charge in [0.25, 0.3) is 0 Å². The Morgan fingerprint density at radius 1 is 1.15 bits per heavy atom. The maximum absolute atomic E-state index is 13.0. The number of halogens is 2. The van der Waals surface area contributed by atoms with E-state index >= 15 is 0 Å². The summed E-state index contributed by atoms with van der Waals surface area (Å²) in [5.41, 5.74) is 0.737. The lowest BCUT2D eigenvalue weighted by atomic mass is 10.0. The zero-order valence-electron chi connectivity index (χ0n) is 14.1. The van der Waals surface area contributed by atoms with Gasteiger partial charge in [0.1, 0.15) is 11.3 Å². The maximum Gasteiger partial charge on any atom is 0.344 e. The summed E-state index contributed by atoms with van der Waals surface area (Å²) in [6, 6.07) is 9.82. The van der Waals surface area contributed by atoms with E-state index in [-0.39, 0.29) is 17.9 Å². The number of esters is 1. The number of carbonyl (C=O) groups is 1. The van der Waals surface area contributed by atoms with Crippen LogP contribution < -0.4 is 10.2 Å². The molecule has 1 N–H and O–H groups in total. The quantitative estimate of drug-likeness (QED) is 0.655. The van der Waals surface area contributed by atoms with Crippen LogP contribution in [0.2, 0.25) is 10.0 Å². The van der Waals surface area contributed by atoms with E-state index in [1.165, 1.54) is 7.11 Å². The number of benzene rings is 2. The highest BCUT2D eigenvalue weighted by atomic mass is 35.5. The first-order chi connectivity index (χ1) is 12.5. The number of aromatic nitrogens is 1. The Morgan fingerprint density at radius 2 is 1.92 bits per heavy atom. The summed E-state index contributed by atoms with van der Waals surface area (Å²) in [5.74, 6) is -0.213. The van der Waals surface area contributed by atoms with Gasteiger partial charge in [-0.2, -0.15) is 0 Å². The Hall–Kier alpha value is -2.50. The van der Waals surface area contributed by atoms with Gasteiger partial charge in [0.05, 0.1) is 35.3 Å². The molecule has 0 amide bonds.